The van der Waals surface area contributed by atoms with E-state index in [1.807, 2.05) is 0 Å². The number of hydrogen-bond donors (Lipinski definition) is 1. The highest BCUT2D eigenvalue weighted by Gasteiger charge is 2.18. The molecule has 0 saturated carbocycles. The first-order valence-corrected chi connectivity index (χ1v) is 6.46. The van der Waals surface area contributed by atoms with Crippen LogP contribution in [0.4, 0.5) is 4.39 Å². The van der Waals surface area contributed by atoms with Gasteiger partial charge in [0.25, 0.3) is 0 Å². The lowest BCUT2D eigenvalue weighted by Crippen LogP contribution is -2.04. The number of aromatic nitrogens is 1. The van der Waals surface area contributed by atoms with Gasteiger partial charge in [-0.3, -0.25) is 0 Å². The first-order valence-electron chi connectivity index (χ1n) is 6.46. The standard InChI is InChI=1S/C17H12FNO2/c1-10-15(17(20)21)13-7-2-3-8-14(13)19-16(10)11-5-4-6-12(18)9-11/h2-9H,1H3,(H,20,21). The summed E-state index contributed by atoms with van der Waals surface area (Å²) in [7, 11) is 0. The van der Waals surface area contributed by atoms with Crippen molar-refractivity contribution in [3.8, 4) is 11.3 Å². The molecule has 21 heavy (non-hydrogen) atoms. The average Bonchev–Trinajstić information content (AvgIpc) is 2.46. The Kier molecular flexibility index (Phi) is 3.14. The van der Waals surface area contributed by atoms with Crippen LogP contribution in [0.1, 0.15) is 15.9 Å². The molecular weight excluding hydrogens is 269 g/mol. The molecule has 3 nitrogen and oxygen atoms in total. The van der Waals surface area contributed by atoms with E-state index in [1.54, 1.807) is 43.3 Å². The lowest BCUT2D eigenvalue weighted by atomic mass is 9.98. The van der Waals surface area contributed by atoms with Gasteiger partial charge in [-0.25, -0.2) is 14.2 Å². The smallest absolute Gasteiger partial charge is 0.336 e. The Hall–Kier alpha value is -2.75. The van der Waals surface area contributed by atoms with Gasteiger partial charge < -0.3 is 5.11 Å². The van der Waals surface area contributed by atoms with Gasteiger partial charge in [0, 0.05) is 10.9 Å². The maximum absolute atomic E-state index is 13.4. The minimum absolute atomic E-state index is 0.208. The van der Waals surface area contributed by atoms with Gasteiger partial charge in [0.15, 0.2) is 0 Å². The molecule has 4 heteroatoms. The number of aromatic carboxylic acids is 1. The van der Waals surface area contributed by atoms with Crippen molar-refractivity contribution < 1.29 is 14.3 Å². The van der Waals surface area contributed by atoms with E-state index >= 15 is 0 Å². The van der Waals surface area contributed by atoms with Crippen LogP contribution in [0.15, 0.2) is 48.5 Å². The highest BCUT2D eigenvalue weighted by Crippen LogP contribution is 2.29. The van der Waals surface area contributed by atoms with Crippen LogP contribution in [0.3, 0.4) is 0 Å². The topological polar surface area (TPSA) is 50.2 Å². The van der Waals surface area contributed by atoms with Crippen LogP contribution in [0, 0.1) is 12.7 Å². The van der Waals surface area contributed by atoms with Crippen LogP contribution in [-0.2, 0) is 0 Å². The maximum atomic E-state index is 13.4. The van der Waals surface area contributed by atoms with E-state index in [1.165, 1.54) is 12.1 Å². The van der Waals surface area contributed by atoms with Crippen molar-refractivity contribution in [3.63, 3.8) is 0 Å². The van der Waals surface area contributed by atoms with Gasteiger partial charge in [-0.05, 0) is 30.7 Å². The molecule has 2 aromatic carbocycles. The van der Waals surface area contributed by atoms with E-state index in [2.05, 4.69) is 4.98 Å². The van der Waals surface area contributed by atoms with E-state index < -0.39 is 5.97 Å². The number of rotatable bonds is 2. The van der Waals surface area contributed by atoms with Gasteiger partial charge in [-0.1, -0.05) is 30.3 Å². The number of nitrogens with zero attached hydrogens (tertiary/aromatic N) is 1. The third-order valence-electron chi connectivity index (χ3n) is 3.45. The zero-order valence-corrected chi connectivity index (χ0v) is 11.3. The molecule has 0 unspecified atom stereocenters. The molecule has 104 valence electrons. The molecule has 0 aliphatic heterocycles. The predicted molar refractivity (Wildman–Crippen MR) is 78.8 cm³/mol. The zero-order valence-electron chi connectivity index (χ0n) is 11.3. The van der Waals surface area contributed by atoms with Gasteiger partial charge in [0.2, 0.25) is 0 Å². The number of carboxylic acids is 1. The SMILES string of the molecule is Cc1c(-c2cccc(F)c2)nc2ccccc2c1C(=O)O. The van der Waals surface area contributed by atoms with Gasteiger partial charge in [-0.2, -0.15) is 0 Å². The number of hydrogen-bond acceptors (Lipinski definition) is 2. The number of carbonyl (C=O) groups is 1. The predicted octanol–water partition coefficient (Wildman–Crippen LogP) is 4.05. The molecule has 0 fully saturated rings. The van der Waals surface area contributed by atoms with Crippen molar-refractivity contribution in [1.82, 2.24) is 4.98 Å². The number of fused-ring (bicyclic) bond motifs is 1. The number of halogens is 1. The van der Waals surface area contributed by atoms with Crippen molar-refractivity contribution >= 4 is 16.9 Å². The minimum atomic E-state index is -1.01. The fourth-order valence-corrected chi connectivity index (χ4v) is 2.50. The van der Waals surface area contributed by atoms with Crippen molar-refractivity contribution in [2.75, 3.05) is 0 Å². The van der Waals surface area contributed by atoms with Crippen molar-refractivity contribution in [2.24, 2.45) is 0 Å². The molecule has 1 N–H and O–H groups in total. The molecule has 0 bridgehead atoms. The first kappa shape index (κ1) is 13.2. The fraction of sp³-hybridized carbons (Fsp3) is 0.0588. The summed E-state index contributed by atoms with van der Waals surface area (Å²) in [6.45, 7) is 1.70. The number of pyridine rings is 1. The molecule has 0 atom stereocenters. The first-order chi connectivity index (χ1) is 10.1. The second-order valence-electron chi connectivity index (χ2n) is 4.79. The van der Waals surface area contributed by atoms with E-state index in [4.69, 9.17) is 0 Å². The molecular formula is C17H12FNO2. The van der Waals surface area contributed by atoms with Gasteiger partial charge in [0.05, 0.1) is 16.8 Å². The summed E-state index contributed by atoms with van der Waals surface area (Å²) in [4.78, 5) is 16.1. The Labute approximate surface area is 120 Å². The van der Waals surface area contributed by atoms with E-state index in [0.29, 0.717) is 27.7 Å². The van der Waals surface area contributed by atoms with Crippen LogP contribution in [0.5, 0.6) is 0 Å². The van der Waals surface area contributed by atoms with Gasteiger partial charge in [-0.15, -0.1) is 0 Å². The van der Waals surface area contributed by atoms with Crippen LogP contribution < -0.4 is 0 Å². The second kappa shape index (κ2) is 4.98. The van der Waals surface area contributed by atoms with Crippen molar-refractivity contribution in [3.05, 3.63) is 65.5 Å². The molecule has 1 aromatic heterocycles. The summed E-state index contributed by atoms with van der Waals surface area (Å²) in [5, 5.41) is 10.1. The molecule has 0 aliphatic carbocycles. The quantitative estimate of drug-likeness (QED) is 0.771. The van der Waals surface area contributed by atoms with E-state index in [9.17, 15) is 14.3 Å². The summed E-state index contributed by atoms with van der Waals surface area (Å²) < 4.78 is 13.4. The summed E-state index contributed by atoms with van der Waals surface area (Å²) in [5.74, 6) is -1.39. The Morgan fingerprint density at radius 1 is 1.14 bits per heavy atom. The summed E-state index contributed by atoms with van der Waals surface area (Å²) in [5.41, 5.74) is 2.39. The summed E-state index contributed by atoms with van der Waals surface area (Å²) in [6.07, 6.45) is 0. The van der Waals surface area contributed by atoms with Crippen LogP contribution >= 0.6 is 0 Å². The summed E-state index contributed by atoms with van der Waals surface area (Å²) >= 11 is 0. The average molecular weight is 281 g/mol. The van der Waals surface area contributed by atoms with Crippen molar-refractivity contribution in [2.45, 2.75) is 6.92 Å². The fourth-order valence-electron chi connectivity index (χ4n) is 2.50. The third-order valence-corrected chi connectivity index (χ3v) is 3.45. The Morgan fingerprint density at radius 3 is 2.62 bits per heavy atom. The number of carboxylic acid groups (broad SMARTS) is 1. The number of benzene rings is 2. The molecule has 3 aromatic rings. The Morgan fingerprint density at radius 2 is 1.90 bits per heavy atom. The second-order valence-corrected chi connectivity index (χ2v) is 4.79. The Balaban J connectivity index is 2.39. The van der Waals surface area contributed by atoms with E-state index in [-0.39, 0.29) is 11.4 Å². The van der Waals surface area contributed by atoms with Crippen LogP contribution in [0.25, 0.3) is 22.2 Å². The highest BCUT2D eigenvalue weighted by molar-refractivity contribution is 6.05. The minimum Gasteiger partial charge on any atom is -0.478 e. The number of para-hydroxylation sites is 1. The monoisotopic (exact) mass is 281 g/mol. The largest absolute Gasteiger partial charge is 0.478 e. The zero-order chi connectivity index (χ0) is 15.0. The van der Waals surface area contributed by atoms with Gasteiger partial charge >= 0.3 is 5.97 Å². The molecule has 0 saturated heterocycles. The highest BCUT2D eigenvalue weighted by atomic mass is 19.1. The molecule has 3 rings (SSSR count). The lowest BCUT2D eigenvalue weighted by Gasteiger charge is -2.12. The van der Waals surface area contributed by atoms with Crippen LogP contribution in [0.2, 0.25) is 0 Å². The molecule has 0 spiro atoms. The molecule has 0 aliphatic rings. The molecule has 0 radical (unpaired) electrons. The lowest BCUT2D eigenvalue weighted by molar-refractivity contribution is 0.0698. The molecule has 0 amide bonds. The molecule has 1 heterocycles. The summed E-state index contributed by atoms with van der Waals surface area (Å²) in [6, 6.07) is 13.1. The Bertz CT molecular complexity index is 859. The van der Waals surface area contributed by atoms with Crippen LogP contribution in [-0.4, -0.2) is 16.1 Å². The van der Waals surface area contributed by atoms with E-state index in [0.717, 1.165) is 0 Å². The van der Waals surface area contributed by atoms with Gasteiger partial charge in [0.1, 0.15) is 5.82 Å². The maximum Gasteiger partial charge on any atom is 0.336 e. The third kappa shape index (κ3) is 2.25. The van der Waals surface area contributed by atoms with Crippen molar-refractivity contribution in [1.29, 1.82) is 0 Å². The normalized spacial score (nSPS) is 10.8.